The number of halogens is 2. The largest absolute Gasteiger partial charge is 0.505 e. The summed E-state index contributed by atoms with van der Waals surface area (Å²) in [6.45, 7) is 1.75. The van der Waals surface area contributed by atoms with Gasteiger partial charge >= 0.3 is 0 Å². The Morgan fingerprint density at radius 1 is 1.00 bits per heavy atom. The Hall–Kier alpha value is -3.70. The van der Waals surface area contributed by atoms with E-state index < -0.39 is 21.8 Å². The van der Waals surface area contributed by atoms with Crippen molar-refractivity contribution in [3.05, 3.63) is 81.8 Å². The van der Waals surface area contributed by atoms with Gasteiger partial charge in [0.1, 0.15) is 17.1 Å². The summed E-state index contributed by atoms with van der Waals surface area (Å²) >= 11 is 12.5. The zero-order valence-electron chi connectivity index (χ0n) is 20.1. The van der Waals surface area contributed by atoms with Gasteiger partial charge in [0.05, 0.1) is 33.3 Å². The van der Waals surface area contributed by atoms with E-state index in [2.05, 4.69) is 15.5 Å². The molecule has 0 unspecified atom stereocenters. The molecule has 4 aromatic carbocycles. The number of methoxy groups -OCH3 is 1. The second-order valence-electron chi connectivity index (χ2n) is 8.08. The number of nitrogens with one attached hydrogen (secondary N) is 1. The number of phenolic OH excluding ortho intramolecular Hbond substituents is 1. The van der Waals surface area contributed by atoms with Crippen molar-refractivity contribution in [1.29, 1.82) is 0 Å². The molecule has 0 radical (unpaired) electrons. The Morgan fingerprint density at radius 3 is 2.39 bits per heavy atom. The van der Waals surface area contributed by atoms with Gasteiger partial charge in [-0.25, -0.2) is 0 Å². The topological polar surface area (TPSA) is 138 Å². The average molecular weight is 574 g/mol. The molecule has 0 bridgehead atoms. The van der Waals surface area contributed by atoms with Crippen LogP contribution in [0.3, 0.4) is 0 Å². The second-order valence-corrected chi connectivity index (χ2v) is 10.3. The molecular weight excluding hydrogens is 553 g/mol. The quantitative estimate of drug-likeness (QED) is 0.156. The van der Waals surface area contributed by atoms with E-state index in [0.29, 0.717) is 28.5 Å². The first-order chi connectivity index (χ1) is 18.0. The fraction of sp³-hybridized carbons (Fsp3) is 0.115. The van der Waals surface area contributed by atoms with Crippen molar-refractivity contribution in [1.82, 2.24) is 0 Å². The zero-order chi connectivity index (χ0) is 27.6. The maximum absolute atomic E-state index is 13.2. The van der Waals surface area contributed by atoms with Gasteiger partial charge in [0, 0.05) is 11.5 Å². The van der Waals surface area contributed by atoms with E-state index in [9.17, 15) is 22.9 Å². The molecule has 12 heteroatoms. The fourth-order valence-corrected chi connectivity index (χ4v) is 4.83. The molecule has 0 spiro atoms. The lowest BCUT2D eigenvalue weighted by Gasteiger charge is -2.13. The lowest BCUT2D eigenvalue weighted by molar-refractivity contribution is 0.102. The minimum absolute atomic E-state index is 0.00182. The summed E-state index contributed by atoms with van der Waals surface area (Å²) in [5, 5.41) is 23.5. The molecule has 0 saturated heterocycles. The number of nitrogens with zero attached hydrogens (tertiary/aromatic N) is 2. The van der Waals surface area contributed by atoms with Gasteiger partial charge in [0.2, 0.25) is 0 Å². The first-order valence-electron chi connectivity index (χ1n) is 11.1. The number of hydrogen-bond donors (Lipinski definition) is 3. The molecule has 4 aromatic rings. The number of azo groups is 1. The summed E-state index contributed by atoms with van der Waals surface area (Å²) < 4.78 is 37.7. The van der Waals surface area contributed by atoms with Crippen molar-refractivity contribution in [3.8, 4) is 11.5 Å². The van der Waals surface area contributed by atoms with E-state index in [0.717, 1.165) is 6.07 Å². The molecule has 9 nitrogen and oxygen atoms in total. The number of anilines is 1. The molecule has 0 aromatic heterocycles. The number of hydrogen-bond acceptors (Lipinski definition) is 7. The summed E-state index contributed by atoms with van der Waals surface area (Å²) in [5.41, 5.74) is 0.759. The molecule has 0 heterocycles. The van der Waals surface area contributed by atoms with Crippen LogP contribution in [0.15, 0.2) is 75.8 Å². The van der Waals surface area contributed by atoms with Crippen LogP contribution in [0, 0.1) is 0 Å². The Kier molecular flexibility index (Phi) is 7.89. The number of amides is 1. The van der Waals surface area contributed by atoms with E-state index in [-0.39, 0.29) is 37.6 Å². The number of carbonyl (C=O) groups excluding carboxylic acids is 1. The van der Waals surface area contributed by atoms with Crippen LogP contribution in [0.5, 0.6) is 11.5 Å². The lowest BCUT2D eigenvalue weighted by Crippen LogP contribution is -2.12. The van der Waals surface area contributed by atoms with Crippen LogP contribution in [0.25, 0.3) is 10.8 Å². The number of aromatic hydroxyl groups is 1. The van der Waals surface area contributed by atoms with Crippen LogP contribution in [0.1, 0.15) is 22.8 Å². The Labute approximate surface area is 228 Å². The first-order valence-corrected chi connectivity index (χ1v) is 13.3. The van der Waals surface area contributed by atoms with Gasteiger partial charge < -0.3 is 15.2 Å². The van der Waals surface area contributed by atoms with Crippen molar-refractivity contribution in [2.45, 2.75) is 18.2 Å². The SMILES string of the molecule is CCc1cc(S(=O)(=O)O)cc(Cl)c1N=Nc1c(O)c(C(=O)Nc2cc(OC)ccc2Cl)cc2ccccc12. The highest BCUT2D eigenvalue weighted by atomic mass is 35.5. The van der Waals surface area contributed by atoms with E-state index in [1.807, 2.05) is 0 Å². The van der Waals surface area contributed by atoms with Gasteiger partial charge in [0.25, 0.3) is 16.0 Å². The third-order valence-corrected chi connectivity index (χ3v) is 7.16. The molecule has 0 fully saturated rings. The molecule has 0 saturated carbocycles. The summed E-state index contributed by atoms with van der Waals surface area (Å²) in [6, 6.07) is 15.5. The number of benzene rings is 4. The van der Waals surface area contributed by atoms with E-state index in [1.54, 1.807) is 49.4 Å². The lowest BCUT2D eigenvalue weighted by atomic mass is 10.0. The number of fused-ring (bicyclic) bond motifs is 1. The van der Waals surface area contributed by atoms with Crippen LogP contribution in [-0.2, 0) is 16.5 Å². The molecule has 0 aliphatic heterocycles. The highest BCUT2D eigenvalue weighted by molar-refractivity contribution is 7.85. The molecule has 4 rings (SSSR count). The van der Waals surface area contributed by atoms with Crippen LogP contribution >= 0.6 is 23.2 Å². The summed E-state index contributed by atoms with van der Waals surface area (Å²) in [4.78, 5) is 12.8. The van der Waals surface area contributed by atoms with Crippen molar-refractivity contribution in [3.63, 3.8) is 0 Å². The normalized spacial score (nSPS) is 11.7. The molecule has 1 amide bonds. The van der Waals surface area contributed by atoms with Crippen LogP contribution in [0.2, 0.25) is 10.0 Å². The molecular formula is C26H21Cl2N3O6S. The standard InChI is InChI=1S/C26H21Cl2N3O6S/c1-3-14-10-17(38(34,35)36)13-21(28)23(14)30-31-24-18-7-5-4-6-15(18)11-19(25(24)32)26(33)29-22-12-16(37-2)8-9-20(22)27/h4-13,32H,3H2,1-2H3,(H,29,33)(H,34,35,36). The maximum atomic E-state index is 13.2. The third-order valence-electron chi connectivity index (χ3n) is 5.71. The van der Waals surface area contributed by atoms with Gasteiger partial charge in [-0.1, -0.05) is 54.4 Å². The van der Waals surface area contributed by atoms with Gasteiger partial charge in [-0.2, -0.15) is 8.42 Å². The van der Waals surface area contributed by atoms with Crippen LogP contribution in [-0.4, -0.2) is 31.1 Å². The van der Waals surface area contributed by atoms with Crippen LogP contribution < -0.4 is 10.1 Å². The highest BCUT2D eigenvalue weighted by Crippen LogP contribution is 2.41. The highest BCUT2D eigenvalue weighted by Gasteiger charge is 2.21. The van der Waals surface area contributed by atoms with E-state index >= 15 is 0 Å². The van der Waals surface area contributed by atoms with E-state index in [4.69, 9.17) is 27.9 Å². The Bertz CT molecular complexity index is 1710. The third kappa shape index (κ3) is 5.58. The Balaban J connectivity index is 1.82. The molecule has 38 heavy (non-hydrogen) atoms. The van der Waals surface area contributed by atoms with Gasteiger partial charge in [-0.15, -0.1) is 10.2 Å². The molecule has 0 aliphatic carbocycles. The second kappa shape index (κ2) is 11.0. The van der Waals surface area contributed by atoms with Crippen molar-refractivity contribution >= 4 is 67.1 Å². The van der Waals surface area contributed by atoms with Gasteiger partial charge in [-0.05, 0) is 47.7 Å². The molecule has 0 atom stereocenters. The number of phenols is 1. The summed E-state index contributed by atoms with van der Waals surface area (Å²) in [7, 11) is -3.00. The average Bonchev–Trinajstić information content (AvgIpc) is 2.88. The van der Waals surface area contributed by atoms with Crippen molar-refractivity contribution < 1.29 is 27.6 Å². The molecule has 196 valence electrons. The molecule has 3 N–H and O–H groups in total. The van der Waals surface area contributed by atoms with Crippen molar-refractivity contribution in [2.75, 3.05) is 12.4 Å². The number of rotatable bonds is 7. The maximum Gasteiger partial charge on any atom is 0.294 e. The number of ether oxygens (including phenoxy) is 1. The smallest absolute Gasteiger partial charge is 0.294 e. The Morgan fingerprint density at radius 2 is 1.71 bits per heavy atom. The number of aryl methyl sites for hydroxylation is 1. The van der Waals surface area contributed by atoms with Gasteiger partial charge in [-0.3, -0.25) is 9.35 Å². The zero-order valence-corrected chi connectivity index (χ0v) is 22.4. The molecule has 0 aliphatic rings. The minimum Gasteiger partial charge on any atom is -0.505 e. The first kappa shape index (κ1) is 27.3. The van der Waals surface area contributed by atoms with E-state index in [1.165, 1.54) is 19.2 Å². The fourth-order valence-electron chi connectivity index (χ4n) is 3.77. The predicted molar refractivity (Wildman–Crippen MR) is 146 cm³/mol. The predicted octanol–water partition coefficient (Wildman–Crippen LogP) is 7.34. The monoisotopic (exact) mass is 573 g/mol. The van der Waals surface area contributed by atoms with Crippen molar-refractivity contribution in [2.24, 2.45) is 10.2 Å². The van der Waals surface area contributed by atoms with Crippen LogP contribution in [0.4, 0.5) is 17.1 Å². The minimum atomic E-state index is -4.48. The number of carbonyl (C=O) groups is 1. The summed E-state index contributed by atoms with van der Waals surface area (Å²) in [5.74, 6) is -0.608. The van der Waals surface area contributed by atoms with Gasteiger partial charge in [0.15, 0.2) is 5.75 Å². The summed E-state index contributed by atoms with van der Waals surface area (Å²) in [6.07, 6.45) is 0.327.